The fourth-order valence-corrected chi connectivity index (χ4v) is 0.516. The van der Waals surface area contributed by atoms with Gasteiger partial charge in [-0.2, -0.15) is 0 Å². The summed E-state index contributed by atoms with van der Waals surface area (Å²) < 4.78 is 0. The Morgan fingerprint density at radius 1 is 1.86 bits per heavy atom. The fourth-order valence-electron chi connectivity index (χ4n) is 0.258. The summed E-state index contributed by atoms with van der Waals surface area (Å²) in [6, 6.07) is 0. The average Bonchev–Trinajstić information content (AvgIpc) is 1.35. The Hall–Kier alpha value is 1.31. The summed E-state index contributed by atoms with van der Waals surface area (Å²) in [4.78, 5) is 0. The molecule has 1 N–H and O–H groups in total. The molecule has 0 saturated heterocycles. The van der Waals surface area contributed by atoms with Crippen molar-refractivity contribution in [3.05, 3.63) is 0 Å². The molecule has 0 aliphatic heterocycles. The van der Waals surface area contributed by atoms with Gasteiger partial charge in [-0.15, -0.1) is 12.6 Å². The molecule has 0 aromatic heterocycles. The molecule has 0 bridgehead atoms. The van der Waals surface area contributed by atoms with Crippen LogP contribution in [0.5, 0.6) is 0 Å². The first kappa shape index (κ1) is 11.2. The van der Waals surface area contributed by atoms with E-state index in [0.717, 1.165) is 12.8 Å². The number of thiol groups is 1. The molecule has 0 radical (unpaired) electrons. The van der Waals surface area contributed by atoms with Crippen molar-refractivity contribution in [1.29, 1.82) is 0 Å². The fraction of sp³-hybridized carbons (Fsp3) is 1.00. The van der Waals surface area contributed by atoms with Crippen LogP contribution in [0.2, 0.25) is 0 Å². The molecule has 1 nitrogen and oxygen atoms in total. The summed E-state index contributed by atoms with van der Waals surface area (Å²) in [7, 11) is 0. The van der Waals surface area contributed by atoms with Gasteiger partial charge in [-0.25, -0.2) is 0 Å². The van der Waals surface area contributed by atoms with Gasteiger partial charge in [0.25, 0.3) is 0 Å². The maximum Gasteiger partial charge on any atom is 1.00 e. The van der Waals surface area contributed by atoms with E-state index in [4.69, 9.17) is 5.11 Å². The van der Waals surface area contributed by atoms with Gasteiger partial charge < -0.3 is 6.53 Å². The van der Waals surface area contributed by atoms with Gasteiger partial charge >= 0.3 is 29.6 Å². The molecule has 0 aromatic rings. The van der Waals surface area contributed by atoms with E-state index in [1.807, 2.05) is 6.92 Å². The maximum atomic E-state index is 8.42. The van der Waals surface area contributed by atoms with Crippen LogP contribution < -0.4 is 29.6 Å². The van der Waals surface area contributed by atoms with E-state index in [0.29, 0.717) is 0 Å². The smallest absolute Gasteiger partial charge is 1.00 e. The average molecular weight is 130 g/mol. The summed E-state index contributed by atoms with van der Waals surface area (Å²) in [5.41, 5.74) is -0.407. The van der Waals surface area contributed by atoms with Crippen LogP contribution in [0.4, 0.5) is 0 Å². The number of aliphatic hydroxyl groups is 1. The standard InChI is InChI=1S/C4H10OS.Na.H/c1-2-3-4(5)6;;/h4-6H,2-3H2,1H3;;/q;+1;-1. The van der Waals surface area contributed by atoms with Gasteiger partial charge in [0.1, 0.15) is 0 Å². The zero-order valence-electron chi connectivity index (χ0n) is 5.89. The molecule has 0 amide bonds. The van der Waals surface area contributed by atoms with Gasteiger partial charge in [-0.1, -0.05) is 13.3 Å². The number of rotatable bonds is 2. The first-order valence-electron chi connectivity index (χ1n) is 2.13. The van der Waals surface area contributed by atoms with Crippen molar-refractivity contribution in [2.45, 2.75) is 25.2 Å². The van der Waals surface area contributed by atoms with E-state index in [1.165, 1.54) is 0 Å². The summed E-state index contributed by atoms with van der Waals surface area (Å²) in [6.45, 7) is 2.01. The van der Waals surface area contributed by atoms with Crippen molar-refractivity contribution in [1.82, 2.24) is 0 Å². The SMILES string of the molecule is CCCC(O)S.[H-].[Na+]. The molecule has 1 atom stereocenters. The van der Waals surface area contributed by atoms with Crippen molar-refractivity contribution < 1.29 is 36.1 Å². The van der Waals surface area contributed by atoms with Gasteiger partial charge in [-0.05, 0) is 6.42 Å². The van der Waals surface area contributed by atoms with Crippen molar-refractivity contribution in [3.8, 4) is 0 Å². The number of hydrogen-bond acceptors (Lipinski definition) is 2. The minimum Gasteiger partial charge on any atom is -1.00 e. The van der Waals surface area contributed by atoms with Crippen LogP contribution in [-0.2, 0) is 0 Å². The molecule has 1 unspecified atom stereocenters. The third kappa shape index (κ3) is 11.1. The molecule has 0 rings (SSSR count). The first-order valence-corrected chi connectivity index (χ1v) is 2.65. The zero-order chi connectivity index (χ0) is 4.99. The van der Waals surface area contributed by atoms with Gasteiger partial charge in [0.15, 0.2) is 0 Å². The normalized spacial score (nSPS) is 12.4. The Labute approximate surface area is 73.7 Å². The minimum absolute atomic E-state index is 0. The van der Waals surface area contributed by atoms with Crippen molar-refractivity contribution in [2.24, 2.45) is 0 Å². The summed E-state index contributed by atoms with van der Waals surface area (Å²) in [5, 5.41) is 8.42. The molecule has 0 aliphatic rings. The van der Waals surface area contributed by atoms with Crippen LogP contribution in [0.3, 0.4) is 0 Å². The molecule has 7 heavy (non-hydrogen) atoms. The molecule has 0 saturated carbocycles. The van der Waals surface area contributed by atoms with Crippen LogP contribution in [0.15, 0.2) is 0 Å². The number of aliphatic hydroxyl groups excluding tert-OH is 1. The summed E-state index contributed by atoms with van der Waals surface area (Å²) in [5.74, 6) is 0. The maximum absolute atomic E-state index is 8.42. The zero-order valence-corrected chi connectivity index (χ0v) is 7.78. The topological polar surface area (TPSA) is 20.2 Å². The van der Waals surface area contributed by atoms with Crippen molar-refractivity contribution >= 4 is 12.6 Å². The van der Waals surface area contributed by atoms with Gasteiger partial charge in [0.05, 0.1) is 5.44 Å². The van der Waals surface area contributed by atoms with E-state index in [1.54, 1.807) is 0 Å². The molecular formula is C4H11NaOS. The molecule has 0 aliphatic carbocycles. The largest absolute Gasteiger partial charge is 1.00 e. The van der Waals surface area contributed by atoms with Crippen LogP contribution in [-0.4, -0.2) is 10.5 Å². The number of hydrogen-bond donors (Lipinski definition) is 2. The van der Waals surface area contributed by atoms with Gasteiger partial charge in [0, 0.05) is 0 Å². The van der Waals surface area contributed by atoms with E-state index in [2.05, 4.69) is 12.6 Å². The molecule has 0 aromatic carbocycles. The first-order chi connectivity index (χ1) is 2.77. The van der Waals surface area contributed by atoms with Crippen molar-refractivity contribution in [2.75, 3.05) is 0 Å². The second kappa shape index (κ2) is 7.31. The van der Waals surface area contributed by atoms with Gasteiger partial charge in [0.2, 0.25) is 0 Å². The third-order valence-corrected chi connectivity index (χ3v) is 0.805. The van der Waals surface area contributed by atoms with E-state index in [-0.39, 0.29) is 31.0 Å². The second-order valence-electron chi connectivity index (χ2n) is 1.27. The van der Waals surface area contributed by atoms with Gasteiger partial charge in [-0.3, -0.25) is 0 Å². The van der Waals surface area contributed by atoms with Crippen LogP contribution in [0.25, 0.3) is 0 Å². The Kier molecular flexibility index (Phi) is 11.6. The molecule has 0 heterocycles. The Morgan fingerprint density at radius 2 is 2.29 bits per heavy atom. The molecule has 0 spiro atoms. The molecule has 0 fully saturated rings. The Morgan fingerprint density at radius 3 is 2.29 bits per heavy atom. The minimum atomic E-state index is -0.407. The van der Waals surface area contributed by atoms with E-state index in [9.17, 15) is 0 Å². The quantitative estimate of drug-likeness (QED) is 0.255. The predicted molar refractivity (Wildman–Crippen MR) is 31.0 cm³/mol. The van der Waals surface area contributed by atoms with E-state index >= 15 is 0 Å². The van der Waals surface area contributed by atoms with Crippen LogP contribution >= 0.6 is 12.6 Å². The van der Waals surface area contributed by atoms with Crippen LogP contribution in [0, 0.1) is 0 Å². The Bertz CT molecular complexity index is 37.2. The molecular weight excluding hydrogens is 119 g/mol. The third-order valence-electron chi connectivity index (χ3n) is 0.547. The summed E-state index contributed by atoms with van der Waals surface area (Å²) >= 11 is 3.73. The molecule has 40 valence electrons. The monoisotopic (exact) mass is 130 g/mol. The second-order valence-corrected chi connectivity index (χ2v) is 1.87. The summed E-state index contributed by atoms with van der Waals surface area (Å²) in [6.07, 6.45) is 1.80. The predicted octanol–water partition coefficient (Wildman–Crippen LogP) is -1.85. The Balaban J connectivity index is -0.000000125. The molecule has 3 heteroatoms. The van der Waals surface area contributed by atoms with E-state index < -0.39 is 5.44 Å². The van der Waals surface area contributed by atoms with Crippen LogP contribution in [0.1, 0.15) is 21.2 Å². The van der Waals surface area contributed by atoms with Crippen molar-refractivity contribution in [3.63, 3.8) is 0 Å².